The second-order valence-corrected chi connectivity index (χ2v) is 8.00. The number of fused-ring (bicyclic) bond motifs is 1. The van der Waals surface area contributed by atoms with Crippen molar-refractivity contribution in [3.8, 4) is 5.69 Å². The SMILES string of the molecule is NC(=O)c1ncc2c(n1)CN(S(=O)(=O)c1ccc(-n3cccn3)cc1)CC2. The lowest BCUT2D eigenvalue weighted by atomic mass is 10.1. The van der Waals surface area contributed by atoms with E-state index in [4.69, 9.17) is 5.73 Å². The Morgan fingerprint density at radius 3 is 2.63 bits per heavy atom. The highest BCUT2D eigenvalue weighted by Crippen LogP contribution is 2.24. The molecule has 3 heterocycles. The number of hydrogen-bond donors (Lipinski definition) is 1. The van der Waals surface area contributed by atoms with Crippen LogP contribution >= 0.6 is 0 Å². The molecule has 2 aromatic heterocycles. The first-order valence-electron chi connectivity index (χ1n) is 8.20. The summed E-state index contributed by atoms with van der Waals surface area (Å²) >= 11 is 0. The van der Waals surface area contributed by atoms with E-state index in [9.17, 15) is 13.2 Å². The molecule has 10 heteroatoms. The summed E-state index contributed by atoms with van der Waals surface area (Å²) < 4.78 is 29.0. The number of aromatic nitrogens is 4. The number of nitrogens with zero attached hydrogens (tertiary/aromatic N) is 5. The van der Waals surface area contributed by atoms with E-state index in [0.29, 0.717) is 18.7 Å². The van der Waals surface area contributed by atoms with E-state index in [-0.39, 0.29) is 17.3 Å². The van der Waals surface area contributed by atoms with Crippen LogP contribution < -0.4 is 5.73 Å². The van der Waals surface area contributed by atoms with Crippen molar-refractivity contribution in [2.45, 2.75) is 17.9 Å². The van der Waals surface area contributed by atoms with Gasteiger partial charge < -0.3 is 5.73 Å². The molecular formula is C17H16N6O3S. The van der Waals surface area contributed by atoms with Gasteiger partial charge in [0.15, 0.2) is 0 Å². The number of rotatable bonds is 4. The summed E-state index contributed by atoms with van der Waals surface area (Å²) in [5.74, 6) is -0.858. The first-order chi connectivity index (χ1) is 12.9. The number of benzene rings is 1. The first kappa shape index (κ1) is 17.3. The van der Waals surface area contributed by atoms with Gasteiger partial charge in [0.1, 0.15) is 0 Å². The van der Waals surface area contributed by atoms with Crippen molar-refractivity contribution in [3.05, 3.63) is 66.0 Å². The van der Waals surface area contributed by atoms with Gasteiger partial charge in [-0.15, -0.1) is 0 Å². The molecule has 1 amide bonds. The molecule has 138 valence electrons. The lowest BCUT2D eigenvalue weighted by Gasteiger charge is -2.27. The maximum absolute atomic E-state index is 13.0. The zero-order valence-electron chi connectivity index (χ0n) is 14.2. The van der Waals surface area contributed by atoms with Gasteiger partial charge in [-0.1, -0.05) is 0 Å². The van der Waals surface area contributed by atoms with Gasteiger partial charge in [-0.25, -0.2) is 23.1 Å². The lowest BCUT2D eigenvalue weighted by molar-refractivity contribution is 0.0990. The standard InChI is InChI=1S/C17H16N6O3S/c18-16(24)17-19-10-12-6-9-22(11-15(12)21-17)27(25,26)14-4-2-13(3-5-14)23-8-1-7-20-23/h1-5,7-8,10H,6,9,11H2,(H2,18,24). The molecule has 0 atom stereocenters. The third kappa shape index (κ3) is 3.20. The van der Waals surface area contributed by atoms with Crippen molar-refractivity contribution in [2.24, 2.45) is 5.73 Å². The summed E-state index contributed by atoms with van der Waals surface area (Å²) in [6.45, 7) is 0.386. The second kappa shape index (κ2) is 6.56. The van der Waals surface area contributed by atoms with E-state index in [1.54, 1.807) is 47.4 Å². The molecule has 0 spiro atoms. The zero-order chi connectivity index (χ0) is 19.0. The van der Waals surface area contributed by atoms with Crippen molar-refractivity contribution in [2.75, 3.05) is 6.54 Å². The third-order valence-electron chi connectivity index (χ3n) is 4.37. The lowest BCUT2D eigenvalue weighted by Crippen LogP contribution is -2.37. The largest absolute Gasteiger partial charge is 0.363 e. The highest BCUT2D eigenvalue weighted by molar-refractivity contribution is 7.89. The van der Waals surface area contributed by atoms with E-state index in [0.717, 1.165) is 11.3 Å². The summed E-state index contributed by atoms with van der Waals surface area (Å²) in [7, 11) is -3.70. The predicted molar refractivity (Wildman–Crippen MR) is 95.4 cm³/mol. The molecule has 0 bridgehead atoms. The van der Waals surface area contributed by atoms with Gasteiger partial charge in [0.25, 0.3) is 5.91 Å². The Morgan fingerprint density at radius 2 is 1.96 bits per heavy atom. The quantitative estimate of drug-likeness (QED) is 0.699. The van der Waals surface area contributed by atoms with E-state index < -0.39 is 15.9 Å². The molecule has 3 aromatic rings. The number of sulfonamides is 1. The smallest absolute Gasteiger partial charge is 0.286 e. The van der Waals surface area contributed by atoms with Crippen molar-refractivity contribution < 1.29 is 13.2 Å². The van der Waals surface area contributed by atoms with E-state index >= 15 is 0 Å². The monoisotopic (exact) mass is 384 g/mol. The van der Waals surface area contributed by atoms with Gasteiger partial charge in [-0.2, -0.15) is 9.40 Å². The number of nitrogens with two attached hydrogens (primary N) is 1. The normalized spacial score (nSPS) is 14.7. The molecule has 2 N–H and O–H groups in total. The molecule has 0 saturated heterocycles. The molecule has 27 heavy (non-hydrogen) atoms. The number of carbonyl (C=O) groups excluding carboxylic acids is 1. The maximum Gasteiger partial charge on any atom is 0.286 e. The zero-order valence-corrected chi connectivity index (χ0v) is 15.0. The van der Waals surface area contributed by atoms with Crippen LogP contribution in [0.25, 0.3) is 5.69 Å². The fraction of sp³-hybridized carbons (Fsp3) is 0.176. The van der Waals surface area contributed by atoms with Gasteiger partial charge in [0, 0.05) is 25.1 Å². The fourth-order valence-electron chi connectivity index (χ4n) is 2.94. The highest BCUT2D eigenvalue weighted by Gasteiger charge is 2.29. The number of carbonyl (C=O) groups is 1. The van der Waals surface area contributed by atoms with Crippen LogP contribution in [-0.4, -0.2) is 44.9 Å². The Labute approximate surface area is 155 Å². The summed E-state index contributed by atoms with van der Waals surface area (Å²) in [5, 5.41) is 4.12. The third-order valence-corrected chi connectivity index (χ3v) is 6.23. The van der Waals surface area contributed by atoms with Gasteiger partial charge in [0.05, 0.1) is 22.8 Å². The van der Waals surface area contributed by atoms with E-state index in [1.165, 1.54) is 10.5 Å². The highest BCUT2D eigenvalue weighted by atomic mass is 32.2. The van der Waals surface area contributed by atoms with E-state index in [1.807, 2.05) is 0 Å². The molecule has 0 radical (unpaired) electrons. The Kier molecular flexibility index (Phi) is 4.21. The van der Waals surface area contributed by atoms with Crippen LogP contribution in [0, 0.1) is 0 Å². The minimum Gasteiger partial charge on any atom is -0.363 e. The fourth-order valence-corrected chi connectivity index (χ4v) is 4.35. The van der Waals surface area contributed by atoms with Crippen molar-refractivity contribution >= 4 is 15.9 Å². The molecular weight excluding hydrogens is 368 g/mol. The van der Waals surface area contributed by atoms with Crippen molar-refractivity contribution in [1.82, 2.24) is 24.1 Å². The second-order valence-electron chi connectivity index (χ2n) is 6.06. The average Bonchev–Trinajstić information content (AvgIpc) is 3.22. The van der Waals surface area contributed by atoms with Crippen LogP contribution in [0.2, 0.25) is 0 Å². The Balaban J connectivity index is 1.61. The van der Waals surface area contributed by atoms with Crippen LogP contribution in [0.15, 0.2) is 53.8 Å². The number of primary amides is 1. The van der Waals surface area contributed by atoms with Gasteiger partial charge in [0.2, 0.25) is 15.8 Å². The van der Waals surface area contributed by atoms with Crippen LogP contribution in [0.1, 0.15) is 21.9 Å². The molecule has 0 saturated carbocycles. The van der Waals surface area contributed by atoms with Gasteiger partial charge in [-0.3, -0.25) is 4.79 Å². The Bertz CT molecular complexity index is 1090. The molecule has 0 aliphatic carbocycles. The predicted octanol–water partition coefficient (Wildman–Crippen LogP) is 0.508. The minimum atomic E-state index is -3.70. The molecule has 1 aromatic carbocycles. The Morgan fingerprint density at radius 1 is 1.19 bits per heavy atom. The minimum absolute atomic E-state index is 0.0708. The average molecular weight is 384 g/mol. The molecule has 1 aliphatic rings. The summed E-state index contributed by atoms with van der Waals surface area (Å²) in [4.78, 5) is 19.5. The molecule has 0 fully saturated rings. The van der Waals surface area contributed by atoms with Gasteiger partial charge in [-0.05, 0) is 42.3 Å². The molecule has 1 aliphatic heterocycles. The van der Waals surface area contributed by atoms with Gasteiger partial charge >= 0.3 is 0 Å². The van der Waals surface area contributed by atoms with Crippen LogP contribution in [0.5, 0.6) is 0 Å². The molecule has 0 unspecified atom stereocenters. The number of hydrogen-bond acceptors (Lipinski definition) is 6. The van der Waals surface area contributed by atoms with Crippen LogP contribution in [0.3, 0.4) is 0 Å². The van der Waals surface area contributed by atoms with Crippen molar-refractivity contribution in [3.63, 3.8) is 0 Å². The van der Waals surface area contributed by atoms with Crippen LogP contribution in [0.4, 0.5) is 0 Å². The van der Waals surface area contributed by atoms with Crippen LogP contribution in [-0.2, 0) is 23.0 Å². The summed E-state index contributed by atoms with van der Waals surface area (Å²) in [6.07, 6.45) is 5.43. The summed E-state index contributed by atoms with van der Waals surface area (Å²) in [6, 6.07) is 8.29. The topological polar surface area (TPSA) is 124 Å². The number of amides is 1. The Hall–Kier alpha value is -3.11. The summed E-state index contributed by atoms with van der Waals surface area (Å²) in [5.41, 5.74) is 7.30. The van der Waals surface area contributed by atoms with Crippen molar-refractivity contribution in [1.29, 1.82) is 0 Å². The van der Waals surface area contributed by atoms with E-state index in [2.05, 4.69) is 15.1 Å². The molecule has 4 rings (SSSR count). The molecule has 9 nitrogen and oxygen atoms in total. The first-order valence-corrected chi connectivity index (χ1v) is 9.64. The maximum atomic E-state index is 13.0.